The first-order valence-corrected chi connectivity index (χ1v) is 11.9. The highest BCUT2D eigenvalue weighted by molar-refractivity contribution is 6.02. The van der Waals surface area contributed by atoms with Crippen LogP contribution in [0.25, 0.3) is 0 Å². The van der Waals surface area contributed by atoms with E-state index in [0.717, 1.165) is 31.5 Å². The van der Waals surface area contributed by atoms with E-state index in [-0.39, 0.29) is 23.2 Å². The van der Waals surface area contributed by atoms with Gasteiger partial charge >= 0.3 is 0 Å². The molecule has 2 heterocycles. The maximum atomic E-state index is 11.3. The van der Waals surface area contributed by atoms with Gasteiger partial charge in [0, 0.05) is 31.5 Å². The van der Waals surface area contributed by atoms with Gasteiger partial charge in [-0.1, -0.05) is 30.3 Å². The number of rotatable bonds is 6. The fourth-order valence-electron chi connectivity index (χ4n) is 4.80. The highest BCUT2D eigenvalue weighted by Crippen LogP contribution is 2.38. The predicted octanol–water partition coefficient (Wildman–Crippen LogP) is 2.52. The van der Waals surface area contributed by atoms with Crippen molar-refractivity contribution in [2.75, 3.05) is 18.4 Å². The molecule has 0 spiro atoms. The number of aliphatic hydroxyl groups is 1. The number of nitrogens with zero attached hydrogens (tertiary/aromatic N) is 3. The number of carbonyl (C=O) groups excluding carboxylic acids is 2. The van der Waals surface area contributed by atoms with Crippen LogP contribution in [-0.4, -0.2) is 51.1 Å². The standard InChI is InChI=1S/C17H22N2O.C8H10N4O2/c18-11-10-14-6-8-16(9-7-14)19-12-17(20,13-19)15-4-2-1-3-5-15;9-6(13)5-3-10-12-7(5)11-8(14)4-1-2-4/h1-5,14,16,20H,6-10,12-13H2;3-4H,1-2H2,(H2,9,13)(H2,10,11,12,14). The van der Waals surface area contributed by atoms with Gasteiger partial charge in [0.2, 0.25) is 5.91 Å². The number of benzene rings is 1. The molecule has 0 bridgehead atoms. The van der Waals surface area contributed by atoms with Crippen molar-refractivity contribution in [2.24, 2.45) is 17.6 Å². The third-order valence-corrected chi connectivity index (χ3v) is 7.05. The summed E-state index contributed by atoms with van der Waals surface area (Å²) in [5.74, 6) is 0.278. The van der Waals surface area contributed by atoms with Gasteiger partial charge in [0.15, 0.2) is 0 Å². The number of carbonyl (C=O) groups is 2. The first kappa shape index (κ1) is 23.9. The van der Waals surface area contributed by atoms with Gasteiger partial charge in [-0.3, -0.25) is 19.6 Å². The Hall–Kier alpha value is -3.22. The van der Waals surface area contributed by atoms with Crippen molar-refractivity contribution in [3.8, 4) is 6.07 Å². The van der Waals surface area contributed by atoms with Crippen molar-refractivity contribution in [3.05, 3.63) is 47.7 Å². The molecular weight excluding hydrogens is 432 g/mol. The highest BCUT2D eigenvalue weighted by Gasteiger charge is 2.45. The summed E-state index contributed by atoms with van der Waals surface area (Å²) in [7, 11) is 0. The Bertz CT molecular complexity index is 1030. The Kier molecular flexibility index (Phi) is 7.29. The summed E-state index contributed by atoms with van der Waals surface area (Å²) in [6, 6.07) is 12.9. The Labute approximate surface area is 199 Å². The molecule has 0 radical (unpaired) electrons. The quantitative estimate of drug-likeness (QED) is 0.516. The number of H-pyrrole nitrogens is 1. The Morgan fingerprint density at radius 3 is 2.44 bits per heavy atom. The average molecular weight is 465 g/mol. The number of likely N-dealkylation sites (tertiary alicyclic amines) is 1. The van der Waals surface area contributed by atoms with E-state index in [2.05, 4.69) is 26.5 Å². The molecule has 1 aromatic carbocycles. The SMILES string of the molecule is N#CCC1CCC(N2CC(O)(c3ccccc3)C2)CC1.NC(=O)c1cn[nH]c1NC(=O)C1CC1. The van der Waals surface area contributed by atoms with E-state index in [9.17, 15) is 14.7 Å². The van der Waals surface area contributed by atoms with Gasteiger partial charge in [0.1, 0.15) is 17.0 Å². The third kappa shape index (κ3) is 5.64. The molecule has 9 heteroatoms. The van der Waals surface area contributed by atoms with E-state index in [1.807, 2.05) is 30.3 Å². The zero-order valence-electron chi connectivity index (χ0n) is 19.2. The maximum Gasteiger partial charge on any atom is 0.254 e. The molecule has 0 unspecified atom stereocenters. The highest BCUT2D eigenvalue weighted by atomic mass is 16.3. The molecule has 34 heavy (non-hydrogen) atoms. The molecule has 2 aliphatic carbocycles. The molecule has 1 aromatic heterocycles. The van der Waals surface area contributed by atoms with E-state index < -0.39 is 11.5 Å². The number of anilines is 1. The topological polar surface area (TPSA) is 148 Å². The van der Waals surface area contributed by atoms with Crippen molar-refractivity contribution >= 4 is 17.6 Å². The van der Waals surface area contributed by atoms with Crippen molar-refractivity contribution in [1.29, 1.82) is 5.26 Å². The number of β-amino-alcohol motifs (C(OH)–C–C–N with tert-alkyl or cyclic N) is 1. The minimum absolute atomic E-state index is 0.0824. The van der Waals surface area contributed by atoms with Crippen molar-refractivity contribution in [3.63, 3.8) is 0 Å². The summed E-state index contributed by atoms with van der Waals surface area (Å²) in [6.45, 7) is 1.51. The Morgan fingerprint density at radius 1 is 1.18 bits per heavy atom. The van der Waals surface area contributed by atoms with Crippen LogP contribution in [0.1, 0.15) is 60.9 Å². The lowest BCUT2D eigenvalue weighted by atomic mass is 9.79. The van der Waals surface area contributed by atoms with Crippen LogP contribution in [0.3, 0.4) is 0 Å². The van der Waals surface area contributed by atoms with Gasteiger partial charge in [-0.05, 0) is 50.0 Å². The summed E-state index contributed by atoms with van der Waals surface area (Å²) < 4.78 is 0. The number of hydrogen-bond donors (Lipinski definition) is 4. The summed E-state index contributed by atoms with van der Waals surface area (Å²) in [6.07, 6.45) is 8.51. The maximum absolute atomic E-state index is 11.3. The van der Waals surface area contributed by atoms with Crippen LogP contribution < -0.4 is 11.1 Å². The predicted molar refractivity (Wildman–Crippen MR) is 126 cm³/mol. The number of nitriles is 1. The average Bonchev–Trinajstić information content (AvgIpc) is 3.58. The molecule has 3 fully saturated rings. The number of primary amides is 1. The van der Waals surface area contributed by atoms with Gasteiger partial charge in [0.25, 0.3) is 5.91 Å². The molecule has 0 atom stereocenters. The molecular formula is C25H32N6O3. The molecule has 2 amide bonds. The first-order chi connectivity index (χ1) is 16.4. The lowest BCUT2D eigenvalue weighted by Gasteiger charge is -2.51. The van der Waals surface area contributed by atoms with Gasteiger partial charge in [-0.25, -0.2) is 0 Å². The molecule has 3 aliphatic rings. The molecule has 180 valence electrons. The summed E-state index contributed by atoms with van der Waals surface area (Å²) in [4.78, 5) is 24.6. The fraction of sp³-hybridized carbons (Fsp3) is 0.520. The molecule has 1 saturated heterocycles. The van der Waals surface area contributed by atoms with E-state index in [0.29, 0.717) is 18.4 Å². The van der Waals surface area contributed by atoms with Crippen LogP contribution in [0.4, 0.5) is 5.82 Å². The summed E-state index contributed by atoms with van der Waals surface area (Å²) >= 11 is 0. The number of nitrogens with two attached hydrogens (primary N) is 1. The van der Waals surface area contributed by atoms with Gasteiger partial charge < -0.3 is 16.2 Å². The number of aromatic amines is 1. The Morgan fingerprint density at radius 2 is 1.85 bits per heavy atom. The van der Waals surface area contributed by atoms with E-state index in [1.54, 1.807) is 0 Å². The normalized spacial score (nSPS) is 23.5. The van der Waals surface area contributed by atoms with E-state index >= 15 is 0 Å². The van der Waals surface area contributed by atoms with E-state index in [4.69, 9.17) is 11.0 Å². The van der Waals surface area contributed by atoms with Gasteiger partial charge in [0.05, 0.1) is 12.3 Å². The largest absolute Gasteiger partial charge is 0.382 e. The summed E-state index contributed by atoms with van der Waals surface area (Å²) in [5.41, 5.74) is 5.67. The lowest BCUT2D eigenvalue weighted by Crippen LogP contribution is -2.62. The zero-order valence-corrected chi connectivity index (χ0v) is 19.2. The smallest absolute Gasteiger partial charge is 0.254 e. The second kappa shape index (κ2) is 10.4. The van der Waals surface area contributed by atoms with Crippen LogP contribution in [0.2, 0.25) is 0 Å². The number of aromatic nitrogens is 2. The monoisotopic (exact) mass is 464 g/mol. The number of hydrogen-bond acceptors (Lipinski definition) is 6. The molecule has 1 aliphatic heterocycles. The lowest BCUT2D eigenvalue weighted by molar-refractivity contribution is -0.127. The first-order valence-electron chi connectivity index (χ1n) is 11.9. The molecule has 5 rings (SSSR count). The molecule has 2 saturated carbocycles. The van der Waals surface area contributed by atoms with E-state index in [1.165, 1.54) is 31.9 Å². The van der Waals surface area contributed by atoms with Crippen molar-refractivity contribution in [2.45, 2.75) is 56.6 Å². The zero-order chi connectivity index (χ0) is 24.1. The molecule has 9 nitrogen and oxygen atoms in total. The fourth-order valence-corrected chi connectivity index (χ4v) is 4.80. The van der Waals surface area contributed by atoms with Crippen molar-refractivity contribution < 1.29 is 14.7 Å². The van der Waals surface area contributed by atoms with Crippen LogP contribution in [-0.2, 0) is 10.4 Å². The second-order valence-electron chi connectivity index (χ2n) is 9.63. The second-order valence-corrected chi connectivity index (χ2v) is 9.63. The van der Waals surface area contributed by atoms with Crippen LogP contribution >= 0.6 is 0 Å². The third-order valence-electron chi connectivity index (χ3n) is 7.05. The minimum atomic E-state index is -0.648. The Balaban J connectivity index is 0.000000172. The minimum Gasteiger partial charge on any atom is -0.382 e. The van der Waals surface area contributed by atoms with Crippen molar-refractivity contribution in [1.82, 2.24) is 15.1 Å². The number of nitrogens with one attached hydrogen (secondary N) is 2. The van der Waals surface area contributed by atoms with Crippen LogP contribution in [0.5, 0.6) is 0 Å². The summed E-state index contributed by atoms with van der Waals surface area (Å²) in [5, 5.41) is 28.1. The number of amides is 2. The van der Waals surface area contributed by atoms with Gasteiger partial charge in [-0.15, -0.1) is 0 Å². The molecule has 2 aromatic rings. The van der Waals surface area contributed by atoms with Crippen LogP contribution in [0.15, 0.2) is 36.5 Å². The van der Waals surface area contributed by atoms with Gasteiger partial charge in [-0.2, -0.15) is 10.4 Å². The van der Waals surface area contributed by atoms with Crippen LogP contribution in [0, 0.1) is 23.2 Å². The molecule has 5 N–H and O–H groups in total.